The Kier molecular flexibility index (Phi) is 10.8. The molecule has 9 nitrogen and oxygen atoms in total. The minimum atomic E-state index is -1.13. The van der Waals surface area contributed by atoms with Gasteiger partial charge in [0.05, 0.1) is 12.6 Å². The Morgan fingerprint density at radius 3 is 2.12 bits per heavy atom. The molecular formula is C15H28N4O5S. The molecule has 25 heavy (non-hydrogen) atoms. The number of nitrogens with one attached hydrogen (secondary N) is 3. The van der Waals surface area contributed by atoms with Crippen molar-refractivity contribution in [3.8, 4) is 0 Å². The Labute approximate surface area is 151 Å². The van der Waals surface area contributed by atoms with Crippen molar-refractivity contribution in [2.24, 2.45) is 11.7 Å². The second kappa shape index (κ2) is 11.7. The number of carboxylic acid groups (broad SMARTS) is 1. The Hall–Kier alpha value is -1.81. The van der Waals surface area contributed by atoms with Crippen molar-refractivity contribution < 1.29 is 24.3 Å². The fraction of sp³-hybridized carbons (Fsp3) is 0.733. The second-order valence-corrected chi connectivity index (χ2v) is 6.96. The summed E-state index contributed by atoms with van der Waals surface area (Å²) >= 11 is 1.47. The van der Waals surface area contributed by atoms with Crippen molar-refractivity contribution in [2.45, 2.75) is 45.3 Å². The van der Waals surface area contributed by atoms with E-state index >= 15 is 0 Å². The van der Waals surface area contributed by atoms with Crippen LogP contribution in [-0.2, 0) is 19.2 Å². The van der Waals surface area contributed by atoms with Crippen molar-refractivity contribution in [1.29, 1.82) is 0 Å². The highest BCUT2D eigenvalue weighted by atomic mass is 32.2. The zero-order valence-corrected chi connectivity index (χ0v) is 15.8. The zero-order valence-electron chi connectivity index (χ0n) is 15.0. The summed E-state index contributed by atoms with van der Waals surface area (Å²) in [5, 5.41) is 16.4. The highest BCUT2D eigenvalue weighted by Crippen LogP contribution is 2.03. The van der Waals surface area contributed by atoms with E-state index in [0.717, 1.165) is 0 Å². The van der Waals surface area contributed by atoms with Crippen molar-refractivity contribution in [2.75, 3.05) is 18.6 Å². The molecule has 0 saturated heterocycles. The quantitative estimate of drug-likeness (QED) is 0.307. The van der Waals surface area contributed by atoms with Crippen molar-refractivity contribution >= 4 is 35.5 Å². The molecule has 0 saturated carbocycles. The number of rotatable bonds is 11. The smallest absolute Gasteiger partial charge is 0.326 e. The lowest BCUT2D eigenvalue weighted by Crippen LogP contribution is -2.54. The lowest BCUT2D eigenvalue weighted by Gasteiger charge is -2.22. The number of amides is 3. The minimum Gasteiger partial charge on any atom is -0.480 e. The Morgan fingerprint density at radius 1 is 1.08 bits per heavy atom. The second-order valence-electron chi connectivity index (χ2n) is 5.98. The molecule has 0 aliphatic carbocycles. The average molecular weight is 376 g/mol. The molecule has 0 fully saturated rings. The van der Waals surface area contributed by atoms with Crippen molar-refractivity contribution in [3.63, 3.8) is 0 Å². The van der Waals surface area contributed by atoms with Crippen LogP contribution >= 0.6 is 11.8 Å². The van der Waals surface area contributed by atoms with Gasteiger partial charge in [0.15, 0.2) is 0 Å². The number of nitrogens with two attached hydrogens (primary N) is 1. The van der Waals surface area contributed by atoms with E-state index in [1.807, 2.05) is 6.26 Å². The van der Waals surface area contributed by atoms with E-state index in [1.54, 1.807) is 13.8 Å². The normalized spacial score (nSPS) is 14.3. The molecule has 0 aromatic rings. The van der Waals surface area contributed by atoms with Gasteiger partial charge >= 0.3 is 5.97 Å². The van der Waals surface area contributed by atoms with Crippen LogP contribution in [0.25, 0.3) is 0 Å². The molecule has 0 aliphatic heterocycles. The highest BCUT2D eigenvalue weighted by Gasteiger charge is 2.26. The predicted molar refractivity (Wildman–Crippen MR) is 96.0 cm³/mol. The van der Waals surface area contributed by atoms with E-state index in [-0.39, 0.29) is 18.9 Å². The lowest BCUT2D eigenvalue weighted by molar-refractivity contribution is -0.141. The van der Waals surface area contributed by atoms with Gasteiger partial charge < -0.3 is 26.8 Å². The average Bonchev–Trinajstić information content (AvgIpc) is 2.53. The van der Waals surface area contributed by atoms with Gasteiger partial charge in [0.1, 0.15) is 12.1 Å². The first-order valence-electron chi connectivity index (χ1n) is 7.94. The molecular weight excluding hydrogens is 348 g/mol. The Bertz CT molecular complexity index is 485. The molecule has 3 unspecified atom stereocenters. The van der Waals surface area contributed by atoms with Gasteiger partial charge in [-0.2, -0.15) is 11.8 Å². The number of aliphatic carboxylic acids is 1. The van der Waals surface area contributed by atoms with Crippen LogP contribution in [0.2, 0.25) is 0 Å². The van der Waals surface area contributed by atoms with Gasteiger partial charge in [-0.25, -0.2) is 4.79 Å². The highest BCUT2D eigenvalue weighted by molar-refractivity contribution is 7.98. The summed E-state index contributed by atoms with van der Waals surface area (Å²) in [5.41, 5.74) is 5.46. The molecule has 0 aromatic carbocycles. The monoisotopic (exact) mass is 376 g/mol. The van der Waals surface area contributed by atoms with E-state index in [2.05, 4.69) is 16.0 Å². The minimum absolute atomic E-state index is 0.209. The van der Waals surface area contributed by atoms with E-state index in [1.165, 1.54) is 18.7 Å². The fourth-order valence-corrected chi connectivity index (χ4v) is 2.31. The largest absolute Gasteiger partial charge is 0.480 e. The number of hydrogen-bond acceptors (Lipinski definition) is 6. The third-order valence-corrected chi connectivity index (χ3v) is 3.97. The van der Waals surface area contributed by atoms with E-state index in [9.17, 15) is 19.2 Å². The van der Waals surface area contributed by atoms with Crippen LogP contribution in [0.3, 0.4) is 0 Å². The Balaban J connectivity index is 4.59. The van der Waals surface area contributed by atoms with Crippen molar-refractivity contribution in [1.82, 2.24) is 16.0 Å². The van der Waals surface area contributed by atoms with Gasteiger partial charge in [-0.15, -0.1) is 0 Å². The molecule has 0 heterocycles. The maximum atomic E-state index is 12.2. The van der Waals surface area contributed by atoms with E-state index in [4.69, 9.17) is 10.8 Å². The first-order valence-corrected chi connectivity index (χ1v) is 9.34. The van der Waals surface area contributed by atoms with Crippen LogP contribution in [0.15, 0.2) is 0 Å². The fourth-order valence-electron chi connectivity index (χ4n) is 1.84. The Morgan fingerprint density at radius 2 is 1.68 bits per heavy atom. The number of carbonyl (C=O) groups is 4. The van der Waals surface area contributed by atoms with Gasteiger partial charge in [0.25, 0.3) is 0 Å². The summed E-state index contributed by atoms with van der Waals surface area (Å²) in [5.74, 6) is -2.36. The number of carbonyl (C=O) groups excluding carboxylic acids is 3. The van der Waals surface area contributed by atoms with Gasteiger partial charge in [0, 0.05) is 0 Å². The summed E-state index contributed by atoms with van der Waals surface area (Å²) < 4.78 is 0. The zero-order chi connectivity index (χ0) is 19.6. The first-order chi connectivity index (χ1) is 11.6. The van der Waals surface area contributed by atoms with Crippen LogP contribution in [0.5, 0.6) is 0 Å². The van der Waals surface area contributed by atoms with Crippen LogP contribution in [0.4, 0.5) is 0 Å². The summed E-state index contributed by atoms with van der Waals surface area (Å²) in [6, 6.07) is -2.60. The molecule has 3 amide bonds. The molecule has 144 valence electrons. The molecule has 0 aromatic heterocycles. The maximum Gasteiger partial charge on any atom is 0.326 e. The molecule has 0 aliphatic rings. The third-order valence-electron chi connectivity index (χ3n) is 3.33. The standard InChI is InChI=1S/C15H28N4O5S/c1-8(2)12(19-13(21)9(3)16)14(22)17-7-11(20)18-10(15(23)24)5-6-25-4/h8-10,12H,5-7,16H2,1-4H3,(H,17,22)(H,18,20)(H,19,21)(H,23,24). The summed E-state index contributed by atoms with van der Waals surface area (Å²) in [4.78, 5) is 46.8. The predicted octanol–water partition coefficient (Wildman–Crippen LogP) is -1.09. The van der Waals surface area contributed by atoms with Gasteiger partial charge in [0.2, 0.25) is 17.7 Å². The summed E-state index contributed by atoms with van der Waals surface area (Å²) in [6.45, 7) is 4.61. The van der Waals surface area contributed by atoms with Gasteiger partial charge in [-0.3, -0.25) is 14.4 Å². The summed E-state index contributed by atoms with van der Waals surface area (Å²) in [7, 11) is 0. The molecule has 0 rings (SSSR count). The van der Waals surface area contributed by atoms with Crippen LogP contribution in [0.1, 0.15) is 27.2 Å². The molecule has 10 heteroatoms. The van der Waals surface area contributed by atoms with Crippen LogP contribution in [0, 0.1) is 5.92 Å². The SMILES string of the molecule is CSCCC(NC(=O)CNC(=O)C(NC(=O)C(C)N)C(C)C)C(=O)O. The maximum absolute atomic E-state index is 12.2. The number of thioether (sulfide) groups is 1. The van der Waals surface area contributed by atoms with E-state index in [0.29, 0.717) is 5.75 Å². The molecule has 3 atom stereocenters. The number of hydrogen-bond donors (Lipinski definition) is 5. The number of carboxylic acids is 1. The molecule has 0 spiro atoms. The van der Waals surface area contributed by atoms with Gasteiger partial charge in [-0.1, -0.05) is 13.8 Å². The molecule has 0 radical (unpaired) electrons. The van der Waals surface area contributed by atoms with Crippen molar-refractivity contribution in [3.05, 3.63) is 0 Å². The third kappa shape index (κ3) is 9.30. The molecule has 0 bridgehead atoms. The topological polar surface area (TPSA) is 151 Å². The van der Waals surface area contributed by atoms with E-state index < -0.39 is 41.8 Å². The first kappa shape index (κ1) is 23.2. The van der Waals surface area contributed by atoms with Crippen LogP contribution in [-0.4, -0.2) is 65.5 Å². The van der Waals surface area contributed by atoms with Crippen LogP contribution < -0.4 is 21.7 Å². The summed E-state index contributed by atoms with van der Waals surface area (Å²) in [6.07, 6.45) is 2.12. The lowest BCUT2D eigenvalue weighted by atomic mass is 10.0. The van der Waals surface area contributed by atoms with Gasteiger partial charge in [-0.05, 0) is 31.3 Å². The molecule has 6 N–H and O–H groups in total.